The van der Waals surface area contributed by atoms with Crippen LogP contribution in [-0.2, 0) is 5.41 Å². The van der Waals surface area contributed by atoms with Crippen LogP contribution in [0, 0.1) is 0 Å². The van der Waals surface area contributed by atoms with Crippen LogP contribution in [-0.4, -0.2) is 0 Å². The van der Waals surface area contributed by atoms with E-state index in [1.807, 2.05) is 0 Å². The Morgan fingerprint density at radius 1 is 0.944 bits per heavy atom. The Morgan fingerprint density at radius 2 is 1.72 bits per heavy atom. The van der Waals surface area contributed by atoms with E-state index in [0.717, 1.165) is 4.47 Å². The molecule has 90 valence electrons. The van der Waals surface area contributed by atoms with E-state index < -0.39 is 0 Å². The summed E-state index contributed by atoms with van der Waals surface area (Å²) in [5.41, 5.74) is 5.46. The van der Waals surface area contributed by atoms with Crippen LogP contribution in [0.15, 0.2) is 53.0 Å². The number of benzene rings is 2. The summed E-state index contributed by atoms with van der Waals surface area (Å²) in [5.74, 6) is 0. The van der Waals surface area contributed by atoms with Gasteiger partial charge < -0.3 is 0 Å². The van der Waals surface area contributed by atoms with Crippen molar-refractivity contribution in [2.75, 3.05) is 0 Å². The van der Waals surface area contributed by atoms with Crippen LogP contribution in [0.2, 0.25) is 0 Å². The first-order chi connectivity index (χ1) is 8.56. The zero-order valence-electron chi connectivity index (χ0n) is 10.6. The number of hydrogen-bond acceptors (Lipinski definition) is 0. The quantitative estimate of drug-likeness (QED) is 0.659. The molecule has 18 heavy (non-hydrogen) atoms. The third kappa shape index (κ3) is 1.93. The topological polar surface area (TPSA) is 0 Å². The van der Waals surface area contributed by atoms with Crippen molar-refractivity contribution in [3.63, 3.8) is 0 Å². The van der Waals surface area contributed by atoms with Crippen LogP contribution in [0.1, 0.15) is 25.0 Å². The lowest BCUT2D eigenvalue weighted by Gasteiger charge is -2.18. The van der Waals surface area contributed by atoms with Gasteiger partial charge in [-0.3, -0.25) is 0 Å². The zero-order chi connectivity index (χ0) is 12.8. The average molecular weight is 299 g/mol. The highest BCUT2D eigenvalue weighted by atomic mass is 79.9. The molecular formula is C17H15Br. The van der Waals surface area contributed by atoms with Crippen LogP contribution in [0.5, 0.6) is 0 Å². The summed E-state index contributed by atoms with van der Waals surface area (Å²) in [6, 6.07) is 15.2. The molecule has 0 radical (unpaired) electrons. The van der Waals surface area contributed by atoms with Gasteiger partial charge in [-0.15, -0.1) is 0 Å². The maximum absolute atomic E-state index is 3.53. The highest BCUT2D eigenvalue weighted by Gasteiger charge is 2.24. The van der Waals surface area contributed by atoms with Crippen LogP contribution < -0.4 is 0 Å². The predicted molar refractivity (Wildman–Crippen MR) is 81.6 cm³/mol. The third-order valence-corrected chi connectivity index (χ3v) is 4.08. The fourth-order valence-electron chi connectivity index (χ4n) is 2.52. The van der Waals surface area contributed by atoms with Crippen molar-refractivity contribution in [3.8, 4) is 11.1 Å². The minimum absolute atomic E-state index is 0.172. The molecule has 0 saturated heterocycles. The lowest BCUT2D eigenvalue weighted by Crippen LogP contribution is -2.10. The molecule has 0 aliphatic heterocycles. The molecule has 1 heteroatoms. The third-order valence-electron chi connectivity index (χ3n) is 3.58. The van der Waals surface area contributed by atoms with Gasteiger partial charge >= 0.3 is 0 Å². The second kappa shape index (κ2) is 4.10. The molecule has 0 nitrogen and oxygen atoms in total. The van der Waals surface area contributed by atoms with E-state index in [0.29, 0.717) is 0 Å². The highest BCUT2D eigenvalue weighted by molar-refractivity contribution is 9.10. The number of rotatable bonds is 1. The summed E-state index contributed by atoms with van der Waals surface area (Å²) in [6.07, 6.45) is 4.51. The lowest BCUT2D eigenvalue weighted by molar-refractivity contribution is 0.683. The molecular weight excluding hydrogens is 284 g/mol. The zero-order valence-corrected chi connectivity index (χ0v) is 12.2. The molecule has 3 rings (SSSR count). The summed E-state index contributed by atoms with van der Waals surface area (Å²) < 4.78 is 1.12. The van der Waals surface area contributed by atoms with E-state index in [9.17, 15) is 0 Å². The van der Waals surface area contributed by atoms with Gasteiger partial charge in [0.15, 0.2) is 0 Å². The van der Waals surface area contributed by atoms with Gasteiger partial charge in [0.05, 0.1) is 0 Å². The lowest BCUT2D eigenvalue weighted by atomic mass is 9.86. The molecule has 0 saturated carbocycles. The van der Waals surface area contributed by atoms with E-state index in [2.05, 4.69) is 84.4 Å². The van der Waals surface area contributed by atoms with E-state index in [1.54, 1.807) is 0 Å². The Bertz CT molecular complexity index is 636. The Balaban J connectivity index is 2.10. The number of halogens is 1. The summed E-state index contributed by atoms with van der Waals surface area (Å²) in [5, 5.41) is 0. The van der Waals surface area contributed by atoms with Crippen LogP contribution in [0.25, 0.3) is 17.2 Å². The van der Waals surface area contributed by atoms with E-state index in [4.69, 9.17) is 0 Å². The smallest absolute Gasteiger partial charge is 0.0181 e. The SMILES string of the molecule is CC1(C)C=Cc2cc(-c3cccc(Br)c3)ccc21. The molecule has 0 atom stereocenters. The highest BCUT2D eigenvalue weighted by Crippen LogP contribution is 2.37. The van der Waals surface area contributed by atoms with Gasteiger partial charge in [-0.1, -0.05) is 66.2 Å². The summed E-state index contributed by atoms with van der Waals surface area (Å²) in [7, 11) is 0. The normalized spacial score (nSPS) is 15.7. The van der Waals surface area contributed by atoms with Gasteiger partial charge in [0.1, 0.15) is 0 Å². The first-order valence-electron chi connectivity index (χ1n) is 6.16. The number of allylic oxidation sites excluding steroid dienone is 1. The van der Waals surface area contributed by atoms with Gasteiger partial charge in [-0.25, -0.2) is 0 Å². The standard InChI is InChI=1S/C17H15Br/c1-17(2)9-8-14-10-13(6-7-16(14)17)12-4-3-5-15(18)11-12/h3-11H,1-2H3. The van der Waals surface area contributed by atoms with Crippen LogP contribution in [0.4, 0.5) is 0 Å². The van der Waals surface area contributed by atoms with Gasteiger partial charge in [-0.05, 0) is 40.5 Å². The molecule has 1 aliphatic rings. The number of hydrogen-bond donors (Lipinski definition) is 0. The summed E-state index contributed by atoms with van der Waals surface area (Å²) in [4.78, 5) is 0. The second-order valence-corrected chi connectivity index (χ2v) is 6.28. The van der Waals surface area contributed by atoms with Crippen molar-refractivity contribution < 1.29 is 0 Å². The van der Waals surface area contributed by atoms with Crippen molar-refractivity contribution in [1.82, 2.24) is 0 Å². The monoisotopic (exact) mass is 298 g/mol. The van der Waals surface area contributed by atoms with E-state index in [-0.39, 0.29) is 5.41 Å². The van der Waals surface area contributed by atoms with Gasteiger partial charge in [0, 0.05) is 9.89 Å². The van der Waals surface area contributed by atoms with Crippen LogP contribution >= 0.6 is 15.9 Å². The molecule has 0 bridgehead atoms. The maximum atomic E-state index is 3.53. The van der Waals surface area contributed by atoms with Crippen molar-refractivity contribution >= 4 is 22.0 Å². The molecule has 0 aromatic heterocycles. The van der Waals surface area contributed by atoms with E-state index >= 15 is 0 Å². The first kappa shape index (κ1) is 11.7. The molecule has 0 N–H and O–H groups in total. The largest absolute Gasteiger partial charge is 0.0739 e. The van der Waals surface area contributed by atoms with Crippen LogP contribution in [0.3, 0.4) is 0 Å². The summed E-state index contributed by atoms with van der Waals surface area (Å²) >= 11 is 3.53. The Labute approximate surface area is 116 Å². The molecule has 0 spiro atoms. The van der Waals surface area contributed by atoms with Gasteiger partial charge in [0.25, 0.3) is 0 Å². The average Bonchev–Trinajstić information content (AvgIpc) is 2.65. The minimum atomic E-state index is 0.172. The summed E-state index contributed by atoms with van der Waals surface area (Å²) in [6.45, 7) is 4.52. The molecule has 0 unspecified atom stereocenters. The molecule has 0 amide bonds. The Kier molecular flexibility index (Phi) is 2.67. The maximum Gasteiger partial charge on any atom is 0.0181 e. The minimum Gasteiger partial charge on any atom is -0.0739 e. The molecule has 0 fully saturated rings. The van der Waals surface area contributed by atoms with Crippen molar-refractivity contribution in [3.05, 3.63) is 64.1 Å². The van der Waals surface area contributed by atoms with Gasteiger partial charge in [-0.2, -0.15) is 0 Å². The molecule has 0 heterocycles. The number of fused-ring (bicyclic) bond motifs is 1. The Hall–Kier alpha value is -1.34. The fourth-order valence-corrected chi connectivity index (χ4v) is 2.92. The molecule has 2 aromatic rings. The van der Waals surface area contributed by atoms with Crippen molar-refractivity contribution in [1.29, 1.82) is 0 Å². The fraction of sp³-hybridized carbons (Fsp3) is 0.176. The van der Waals surface area contributed by atoms with Crippen molar-refractivity contribution in [2.45, 2.75) is 19.3 Å². The van der Waals surface area contributed by atoms with Crippen molar-refractivity contribution in [2.24, 2.45) is 0 Å². The molecule has 2 aromatic carbocycles. The second-order valence-electron chi connectivity index (χ2n) is 5.37. The Morgan fingerprint density at radius 3 is 2.50 bits per heavy atom. The molecule has 1 aliphatic carbocycles. The van der Waals surface area contributed by atoms with E-state index in [1.165, 1.54) is 22.3 Å². The van der Waals surface area contributed by atoms with Gasteiger partial charge in [0.2, 0.25) is 0 Å². The first-order valence-corrected chi connectivity index (χ1v) is 6.95. The predicted octanol–water partition coefficient (Wildman–Crippen LogP) is 5.42.